The van der Waals surface area contributed by atoms with E-state index in [1.165, 1.54) is 11.8 Å². The van der Waals surface area contributed by atoms with Crippen molar-refractivity contribution in [1.82, 2.24) is 15.3 Å². The molecule has 114 valence electrons. The average molecular weight is 307 g/mol. The number of H-pyrrole nitrogens is 1. The van der Waals surface area contributed by atoms with Gasteiger partial charge < -0.3 is 15.0 Å². The Morgan fingerprint density at radius 1 is 1.43 bits per heavy atom. The summed E-state index contributed by atoms with van der Waals surface area (Å²) < 4.78 is 5.46. The van der Waals surface area contributed by atoms with Gasteiger partial charge in [-0.25, -0.2) is 4.98 Å². The first-order chi connectivity index (χ1) is 9.87. The lowest BCUT2D eigenvalue weighted by atomic mass is 10.1. The summed E-state index contributed by atoms with van der Waals surface area (Å²) >= 11 is 1.39. The molecule has 0 fully saturated rings. The number of nitrogens with one attached hydrogen (secondary N) is 2. The summed E-state index contributed by atoms with van der Waals surface area (Å²) in [5.41, 5.74) is 1.58. The molecule has 0 saturated carbocycles. The monoisotopic (exact) mass is 307 g/mol. The molecular formula is C15H21N3O2S. The van der Waals surface area contributed by atoms with Gasteiger partial charge in [-0.05, 0) is 39.8 Å². The number of aromatic nitrogens is 2. The number of nitrogens with zero attached hydrogens (tertiary/aromatic N) is 1. The summed E-state index contributed by atoms with van der Waals surface area (Å²) in [5.74, 6) is 1.16. The van der Waals surface area contributed by atoms with Crippen molar-refractivity contribution in [1.29, 1.82) is 0 Å². The number of aromatic amines is 1. The van der Waals surface area contributed by atoms with Crippen molar-refractivity contribution in [3.05, 3.63) is 18.2 Å². The molecular weight excluding hydrogens is 286 g/mol. The maximum atomic E-state index is 11.8. The number of thioether (sulfide) groups is 1. The summed E-state index contributed by atoms with van der Waals surface area (Å²) in [5, 5.41) is 3.67. The van der Waals surface area contributed by atoms with E-state index in [4.69, 9.17) is 4.74 Å². The van der Waals surface area contributed by atoms with Gasteiger partial charge in [0.1, 0.15) is 5.75 Å². The molecule has 2 rings (SSSR count). The maximum Gasteiger partial charge on any atom is 0.230 e. The van der Waals surface area contributed by atoms with Crippen LogP contribution >= 0.6 is 11.8 Å². The molecule has 0 aliphatic carbocycles. The highest BCUT2D eigenvalue weighted by atomic mass is 32.2. The molecule has 0 aliphatic heterocycles. The molecule has 1 aromatic heterocycles. The van der Waals surface area contributed by atoms with E-state index in [9.17, 15) is 4.79 Å². The number of imidazole rings is 1. The minimum absolute atomic E-state index is 0.00274. The summed E-state index contributed by atoms with van der Waals surface area (Å²) in [7, 11) is 0. The molecule has 1 aromatic carbocycles. The van der Waals surface area contributed by atoms with Crippen LogP contribution in [0, 0.1) is 0 Å². The zero-order valence-electron chi connectivity index (χ0n) is 12.8. The molecule has 0 radical (unpaired) electrons. The second-order valence-corrected chi connectivity index (χ2v) is 6.70. The summed E-state index contributed by atoms with van der Waals surface area (Å²) in [4.78, 5) is 19.5. The Bertz CT molecular complexity index is 631. The van der Waals surface area contributed by atoms with Crippen molar-refractivity contribution in [2.24, 2.45) is 0 Å². The number of amides is 1. The quantitative estimate of drug-likeness (QED) is 0.833. The van der Waals surface area contributed by atoms with Gasteiger partial charge in [0, 0.05) is 11.6 Å². The van der Waals surface area contributed by atoms with Gasteiger partial charge in [-0.3, -0.25) is 4.79 Å². The van der Waals surface area contributed by atoms with Crippen LogP contribution < -0.4 is 10.1 Å². The molecule has 0 saturated heterocycles. The minimum atomic E-state index is -0.210. The third-order valence-electron chi connectivity index (χ3n) is 2.60. The molecule has 21 heavy (non-hydrogen) atoms. The molecule has 0 unspecified atom stereocenters. The van der Waals surface area contributed by atoms with Crippen LogP contribution in [0.15, 0.2) is 23.4 Å². The molecule has 1 heterocycles. The molecule has 2 aromatic rings. The number of benzene rings is 1. The first-order valence-electron chi connectivity index (χ1n) is 6.94. The van der Waals surface area contributed by atoms with Crippen molar-refractivity contribution < 1.29 is 9.53 Å². The van der Waals surface area contributed by atoms with Crippen LogP contribution in [0.4, 0.5) is 0 Å². The molecule has 0 bridgehead atoms. The van der Waals surface area contributed by atoms with Crippen LogP contribution in [0.5, 0.6) is 5.75 Å². The van der Waals surface area contributed by atoms with Crippen LogP contribution in [-0.4, -0.2) is 33.8 Å². The number of carbonyl (C=O) groups is 1. The topological polar surface area (TPSA) is 67.0 Å². The highest BCUT2D eigenvalue weighted by molar-refractivity contribution is 7.99. The van der Waals surface area contributed by atoms with E-state index in [0.29, 0.717) is 12.4 Å². The number of rotatable bonds is 5. The van der Waals surface area contributed by atoms with E-state index in [1.807, 2.05) is 45.9 Å². The molecule has 6 heteroatoms. The Labute approximate surface area is 128 Å². The van der Waals surface area contributed by atoms with Gasteiger partial charge in [0.05, 0.1) is 23.4 Å². The van der Waals surface area contributed by atoms with Crippen LogP contribution in [-0.2, 0) is 4.79 Å². The summed E-state index contributed by atoms with van der Waals surface area (Å²) in [6, 6.07) is 5.73. The number of hydrogen-bond donors (Lipinski definition) is 2. The van der Waals surface area contributed by atoms with Crippen LogP contribution in [0.25, 0.3) is 11.0 Å². The minimum Gasteiger partial charge on any atom is -0.494 e. The lowest BCUT2D eigenvalue weighted by Crippen LogP contribution is -2.41. The summed E-state index contributed by atoms with van der Waals surface area (Å²) in [6.45, 7) is 8.48. The summed E-state index contributed by atoms with van der Waals surface area (Å²) in [6.07, 6.45) is 0. The van der Waals surface area contributed by atoms with Gasteiger partial charge >= 0.3 is 0 Å². The van der Waals surface area contributed by atoms with Crippen molar-refractivity contribution in [2.75, 3.05) is 12.4 Å². The number of fused-ring (bicyclic) bond motifs is 1. The first kappa shape index (κ1) is 15.7. The van der Waals surface area contributed by atoms with Gasteiger partial charge in [-0.15, -0.1) is 0 Å². The van der Waals surface area contributed by atoms with Crippen molar-refractivity contribution >= 4 is 28.7 Å². The van der Waals surface area contributed by atoms with E-state index in [1.54, 1.807) is 0 Å². The van der Waals surface area contributed by atoms with Crippen LogP contribution in [0.2, 0.25) is 0 Å². The molecule has 0 aliphatic rings. The van der Waals surface area contributed by atoms with Gasteiger partial charge in [0.2, 0.25) is 5.91 Å². The third kappa shape index (κ3) is 4.67. The second kappa shape index (κ2) is 6.39. The molecule has 0 atom stereocenters. The van der Waals surface area contributed by atoms with E-state index in [-0.39, 0.29) is 11.4 Å². The highest BCUT2D eigenvalue weighted by Crippen LogP contribution is 2.23. The molecule has 2 N–H and O–H groups in total. The zero-order chi connectivity index (χ0) is 15.5. The van der Waals surface area contributed by atoms with Gasteiger partial charge in [0.25, 0.3) is 0 Å². The Morgan fingerprint density at radius 3 is 2.86 bits per heavy atom. The largest absolute Gasteiger partial charge is 0.494 e. The van der Waals surface area contributed by atoms with E-state index in [2.05, 4.69) is 15.3 Å². The Balaban J connectivity index is 2.01. The van der Waals surface area contributed by atoms with E-state index < -0.39 is 0 Å². The van der Waals surface area contributed by atoms with E-state index >= 15 is 0 Å². The molecule has 5 nitrogen and oxygen atoms in total. The fourth-order valence-electron chi connectivity index (χ4n) is 1.88. The third-order valence-corrected chi connectivity index (χ3v) is 3.47. The van der Waals surface area contributed by atoms with E-state index in [0.717, 1.165) is 21.9 Å². The predicted octanol–water partition coefficient (Wildman–Crippen LogP) is 2.97. The lowest BCUT2D eigenvalue weighted by molar-refractivity contribution is -0.119. The normalized spacial score (nSPS) is 11.6. The SMILES string of the molecule is CCOc1ccc2nc(SCC(=O)NC(C)(C)C)[nH]c2c1. The Morgan fingerprint density at radius 2 is 2.19 bits per heavy atom. The number of carbonyl (C=O) groups excluding carboxylic acids is 1. The Kier molecular flexibility index (Phi) is 4.77. The smallest absolute Gasteiger partial charge is 0.230 e. The second-order valence-electron chi connectivity index (χ2n) is 5.74. The fourth-order valence-corrected chi connectivity index (χ4v) is 2.56. The van der Waals surface area contributed by atoms with Crippen LogP contribution in [0.3, 0.4) is 0 Å². The zero-order valence-corrected chi connectivity index (χ0v) is 13.6. The van der Waals surface area contributed by atoms with Crippen molar-refractivity contribution in [3.8, 4) is 5.75 Å². The van der Waals surface area contributed by atoms with Gasteiger partial charge in [-0.1, -0.05) is 11.8 Å². The highest BCUT2D eigenvalue weighted by Gasteiger charge is 2.14. The predicted molar refractivity (Wildman–Crippen MR) is 85.9 cm³/mol. The fraction of sp³-hybridized carbons (Fsp3) is 0.467. The van der Waals surface area contributed by atoms with Crippen molar-refractivity contribution in [2.45, 2.75) is 38.4 Å². The Hall–Kier alpha value is -1.69. The van der Waals surface area contributed by atoms with Gasteiger partial charge in [-0.2, -0.15) is 0 Å². The van der Waals surface area contributed by atoms with Crippen molar-refractivity contribution in [3.63, 3.8) is 0 Å². The average Bonchev–Trinajstić information content (AvgIpc) is 2.77. The van der Waals surface area contributed by atoms with Crippen LogP contribution in [0.1, 0.15) is 27.7 Å². The number of hydrogen-bond acceptors (Lipinski definition) is 4. The van der Waals surface area contributed by atoms with Gasteiger partial charge in [0.15, 0.2) is 5.16 Å². The maximum absolute atomic E-state index is 11.8. The standard InChI is InChI=1S/C15H21N3O2S/c1-5-20-10-6-7-11-12(8-10)17-14(16-11)21-9-13(19)18-15(2,3)4/h6-8H,5,9H2,1-4H3,(H,16,17)(H,18,19). The molecule has 0 spiro atoms. The first-order valence-corrected chi connectivity index (χ1v) is 7.92. The molecule has 1 amide bonds. The lowest BCUT2D eigenvalue weighted by Gasteiger charge is -2.19. The number of ether oxygens (including phenoxy) is 1.